The number of carbonyl (C=O) groups excluding carboxylic acids is 1. The van der Waals surface area contributed by atoms with Crippen LogP contribution in [0.3, 0.4) is 0 Å². The van der Waals surface area contributed by atoms with Crippen LogP contribution in [-0.4, -0.2) is 34.2 Å². The predicted molar refractivity (Wildman–Crippen MR) is 71.0 cm³/mol. The molecule has 2 bridgehead atoms. The zero-order valence-corrected chi connectivity index (χ0v) is 11.1. The van der Waals surface area contributed by atoms with Gasteiger partial charge in [-0.15, -0.1) is 0 Å². The summed E-state index contributed by atoms with van der Waals surface area (Å²) in [5, 5.41) is 9.16. The second-order valence-electron chi connectivity index (χ2n) is 5.43. The molecule has 5 heteroatoms. The molecule has 1 aliphatic carbocycles. The third-order valence-electron chi connectivity index (χ3n) is 4.27. The molecule has 106 valence electrons. The number of hydrogen-bond acceptors (Lipinski definition) is 3. The van der Waals surface area contributed by atoms with E-state index < -0.39 is 11.9 Å². The lowest BCUT2D eigenvalue weighted by Crippen LogP contribution is -2.65. The minimum Gasteiger partial charge on any atom is -0.481 e. The van der Waals surface area contributed by atoms with Crippen LogP contribution in [0.25, 0.3) is 0 Å². The van der Waals surface area contributed by atoms with Crippen molar-refractivity contribution in [3.63, 3.8) is 0 Å². The van der Waals surface area contributed by atoms with Gasteiger partial charge in [0.15, 0.2) is 0 Å². The van der Waals surface area contributed by atoms with Gasteiger partial charge in [-0.2, -0.15) is 0 Å². The van der Waals surface area contributed by atoms with Gasteiger partial charge in [0.25, 0.3) is 0 Å². The second kappa shape index (κ2) is 5.15. The normalized spacial score (nSPS) is 27.6. The Kier molecular flexibility index (Phi) is 3.34. The standard InChI is InChI=1S/C15H17NO4/c17-14(18)12-7-6-11-8-13(12)16(11)15(19)20-9-10-4-2-1-3-5-10/h1-5,11-13H,6-9H2,(H,17,18)/t11-,12+,13-/m1/s1. The lowest BCUT2D eigenvalue weighted by molar-refractivity contribution is -0.152. The van der Waals surface area contributed by atoms with Gasteiger partial charge in [0, 0.05) is 6.04 Å². The zero-order valence-electron chi connectivity index (χ0n) is 11.1. The molecule has 3 atom stereocenters. The van der Waals surface area contributed by atoms with Crippen LogP contribution in [0.5, 0.6) is 0 Å². The summed E-state index contributed by atoms with van der Waals surface area (Å²) in [6, 6.07) is 9.45. The number of rotatable bonds is 3. The monoisotopic (exact) mass is 275 g/mol. The first-order valence-electron chi connectivity index (χ1n) is 6.88. The minimum absolute atomic E-state index is 0.166. The highest BCUT2D eigenvalue weighted by atomic mass is 16.6. The minimum atomic E-state index is -0.811. The summed E-state index contributed by atoms with van der Waals surface area (Å²) in [4.78, 5) is 24.9. The lowest BCUT2D eigenvalue weighted by Gasteiger charge is -2.54. The molecule has 0 unspecified atom stereocenters. The van der Waals surface area contributed by atoms with Crippen molar-refractivity contribution in [3.8, 4) is 0 Å². The Hall–Kier alpha value is -2.04. The van der Waals surface area contributed by atoms with Gasteiger partial charge in [0.1, 0.15) is 6.61 Å². The molecule has 2 heterocycles. The molecular formula is C15H17NO4. The molecule has 1 aromatic carbocycles. The molecule has 1 N–H and O–H groups in total. The molecule has 0 radical (unpaired) electrons. The molecule has 4 rings (SSSR count). The number of carboxylic acids is 1. The Morgan fingerprint density at radius 2 is 2.00 bits per heavy atom. The molecule has 20 heavy (non-hydrogen) atoms. The highest BCUT2D eigenvalue weighted by Gasteiger charge is 2.52. The predicted octanol–water partition coefficient (Wildman–Crippen LogP) is 2.26. The maximum atomic E-state index is 12.1. The van der Waals surface area contributed by atoms with Gasteiger partial charge in [-0.05, 0) is 24.8 Å². The topological polar surface area (TPSA) is 66.8 Å². The third kappa shape index (κ3) is 2.24. The Bertz CT molecular complexity index is 514. The number of amides is 1. The van der Waals surface area contributed by atoms with E-state index in [1.165, 1.54) is 0 Å². The number of hydrogen-bond donors (Lipinski definition) is 1. The molecule has 3 fully saturated rings. The smallest absolute Gasteiger partial charge is 0.410 e. The molecule has 1 amide bonds. The average Bonchev–Trinajstić information content (AvgIpc) is 2.46. The van der Waals surface area contributed by atoms with E-state index >= 15 is 0 Å². The number of nitrogens with zero attached hydrogens (tertiary/aromatic N) is 1. The number of aliphatic carboxylic acids is 1. The molecule has 5 nitrogen and oxygen atoms in total. The van der Waals surface area contributed by atoms with Gasteiger partial charge in [0.05, 0.1) is 12.0 Å². The maximum Gasteiger partial charge on any atom is 0.410 e. The van der Waals surface area contributed by atoms with Gasteiger partial charge >= 0.3 is 12.1 Å². The van der Waals surface area contributed by atoms with E-state index in [-0.39, 0.29) is 24.8 Å². The van der Waals surface area contributed by atoms with Crippen LogP contribution in [-0.2, 0) is 16.1 Å². The van der Waals surface area contributed by atoms with Crippen molar-refractivity contribution in [3.05, 3.63) is 35.9 Å². The fourth-order valence-corrected chi connectivity index (χ4v) is 3.18. The van der Waals surface area contributed by atoms with Gasteiger partial charge in [-0.3, -0.25) is 4.79 Å². The average molecular weight is 275 g/mol. The number of carbonyl (C=O) groups is 2. The summed E-state index contributed by atoms with van der Waals surface area (Å²) in [5.74, 6) is -1.25. The molecule has 3 aliphatic rings. The summed E-state index contributed by atoms with van der Waals surface area (Å²) >= 11 is 0. The molecule has 2 aliphatic heterocycles. The Morgan fingerprint density at radius 1 is 1.25 bits per heavy atom. The van der Waals surface area contributed by atoms with Crippen LogP contribution >= 0.6 is 0 Å². The van der Waals surface area contributed by atoms with E-state index in [1.807, 2.05) is 30.3 Å². The summed E-state index contributed by atoms with van der Waals surface area (Å²) in [5.41, 5.74) is 0.932. The van der Waals surface area contributed by atoms with Crippen molar-refractivity contribution in [2.45, 2.75) is 38.0 Å². The molecule has 0 aromatic heterocycles. The van der Waals surface area contributed by atoms with Crippen LogP contribution in [0.4, 0.5) is 4.79 Å². The quantitative estimate of drug-likeness (QED) is 0.918. The molecule has 2 saturated heterocycles. The summed E-state index contributed by atoms with van der Waals surface area (Å²) in [6.45, 7) is 0.230. The number of ether oxygens (including phenoxy) is 1. The maximum absolute atomic E-state index is 12.1. The van der Waals surface area contributed by atoms with E-state index in [0.717, 1.165) is 18.4 Å². The van der Waals surface area contributed by atoms with Gasteiger partial charge in [0.2, 0.25) is 0 Å². The first kappa shape index (κ1) is 13.0. The number of fused-ring (bicyclic) bond motifs is 2. The number of piperidine rings is 1. The molecular weight excluding hydrogens is 258 g/mol. The number of benzene rings is 1. The van der Waals surface area contributed by atoms with E-state index in [0.29, 0.717) is 6.42 Å². The molecule has 0 spiro atoms. The molecule has 1 aromatic rings. The summed E-state index contributed by atoms with van der Waals surface area (Å²) < 4.78 is 5.29. The first-order valence-corrected chi connectivity index (χ1v) is 6.88. The third-order valence-corrected chi connectivity index (χ3v) is 4.27. The van der Waals surface area contributed by atoms with Crippen molar-refractivity contribution < 1.29 is 19.4 Å². The van der Waals surface area contributed by atoms with Crippen LogP contribution in [0, 0.1) is 5.92 Å². The lowest BCUT2D eigenvalue weighted by atomic mass is 9.73. The van der Waals surface area contributed by atoms with Crippen LogP contribution in [0.2, 0.25) is 0 Å². The van der Waals surface area contributed by atoms with Gasteiger partial charge in [-0.1, -0.05) is 30.3 Å². The molecule has 1 saturated carbocycles. The van der Waals surface area contributed by atoms with Crippen molar-refractivity contribution in [1.29, 1.82) is 0 Å². The summed E-state index contributed by atoms with van der Waals surface area (Å²) in [6.07, 6.45) is 1.82. The van der Waals surface area contributed by atoms with Crippen molar-refractivity contribution in [2.75, 3.05) is 0 Å². The van der Waals surface area contributed by atoms with Crippen LogP contribution < -0.4 is 0 Å². The fourth-order valence-electron chi connectivity index (χ4n) is 3.18. The van der Waals surface area contributed by atoms with Crippen molar-refractivity contribution >= 4 is 12.1 Å². The van der Waals surface area contributed by atoms with Gasteiger partial charge < -0.3 is 14.7 Å². The number of carboxylic acid groups (broad SMARTS) is 1. The largest absolute Gasteiger partial charge is 0.481 e. The van der Waals surface area contributed by atoms with Crippen LogP contribution in [0.1, 0.15) is 24.8 Å². The zero-order chi connectivity index (χ0) is 14.1. The van der Waals surface area contributed by atoms with Gasteiger partial charge in [-0.25, -0.2) is 4.79 Å². The second-order valence-corrected chi connectivity index (χ2v) is 5.43. The fraction of sp³-hybridized carbons (Fsp3) is 0.467. The highest BCUT2D eigenvalue weighted by molar-refractivity contribution is 5.75. The van der Waals surface area contributed by atoms with E-state index in [1.54, 1.807) is 4.90 Å². The van der Waals surface area contributed by atoms with E-state index in [9.17, 15) is 9.59 Å². The van der Waals surface area contributed by atoms with E-state index in [4.69, 9.17) is 9.84 Å². The summed E-state index contributed by atoms with van der Waals surface area (Å²) in [7, 11) is 0. The Labute approximate surface area is 117 Å². The SMILES string of the molecule is O=C(O)[C@H]1CC[C@@H]2C[C@H]1N2C(=O)OCc1ccccc1. The first-order chi connectivity index (χ1) is 9.66. The van der Waals surface area contributed by atoms with Crippen LogP contribution in [0.15, 0.2) is 30.3 Å². The van der Waals surface area contributed by atoms with E-state index in [2.05, 4.69) is 0 Å². The highest BCUT2D eigenvalue weighted by Crippen LogP contribution is 2.42. The Balaban J connectivity index is 1.59. The Morgan fingerprint density at radius 3 is 2.65 bits per heavy atom. The van der Waals surface area contributed by atoms with Crippen molar-refractivity contribution in [2.24, 2.45) is 5.92 Å². The van der Waals surface area contributed by atoms with Crippen molar-refractivity contribution in [1.82, 2.24) is 4.90 Å².